The maximum atomic E-state index is 15.1. The van der Waals surface area contributed by atoms with E-state index in [9.17, 15) is 27.9 Å². The molecule has 1 N–H and O–H groups in total. The molecule has 1 saturated carbocycles. The van der Waals surface area contributed by atoms with Crippen LogP contribution in [0.25, 0.3) is 10.9 Å². The van der Waals surface area contributed by atoms with E-state index in [2.05, 4.69) is 4.74 Å². The first-order valence-corrected chi connectivity index (χ1v) is 11.1. The fourth-order valence-electron chi connectivity index (χ4n) is 4.59. The van der Waals surface area contributed by atoms with Gasteiger partial charge in [0.15, 0.2) is 11.6 Å². The molecule has 10 heteroatoms. The fraction of sp³-hybridized carbons (Fsp3) is 0.360. The van der Waals surface area contributed by atoms with E-state index in [0.717, 1.165) is 56.0 Å². The second kappa shape index (κ2) is 9.24. The van der Waals surface area contributed by atoms with Gasteiger partial charge in [0, 0.05) is 16.6 Å². The van der Waals surface area contributed by atoms with E-state index in [1.54, 1.807) is 6.92 Å². The Morgan fingerprint density at radius 3 is 2.31 bits per heavy atom. The summed E-state index contributed by atoms with van der Waals surface area (Å²) in [6.45, 7) is 3.07. The standard InChI is InChI=1S/C25H23F4NO5/c1-13(24(33)34-16-5-3-4-6-16)20-14(2)30(18-11-12-19(31)22(26)21(18)20)23(32)15-7-9-17(10-8-15)35-25(27,28)29/h7-13,16,31H,3-6H2,1-2H3. The highest BCUT2D eigenvalue weighted by atomic mass is 19.4. The van der Waals surface area contributed by atoms with Crippen molar-refractivity contribution in [1.29, 1.82) is 0 Å². The highest BCUT2D eigenvalue weighted by molar-refractivity contribution is 6.05. The second-order valence-corrected chi connectivity index (χ2v) is 8.57. The number of alkyl halides is 3. The Bertz CT molecular complexity index is 1270. The molecular weight excluding hydrogens is 470 g/mol. The van der Waals surface area contributed by atoms with E-state index in [1.165, 1.54) is 17.6 Å². The van der Waals surface area contributed by atoms with Gasteiger partial charge in [-0.25, -0.2) is 4.39 Å². The molecule has 0 saturated heterocycles. The number of aromatic nitrogens is 1. The summed E-state index contributed by atoms with van der Waals surface area (Å²) < 4.78 is 63.0. The highest BCUT2D eigenvalue weighted by Crippen LogP contribution is 2.38. The summed E-state index contributed by atoms with van der Waals surface area (Å²) in [5.74, 6) is -4.29. The largest absolute Gasteiger partial charge is 0.573 e. The number of aromatic hydroxyl groups is 1. The number of rotatable bonds is 5. The predicted octanol–water partition coefficient (Wildman–Crippen LogP) is 5.97. The molecule has 186 valence electrons. The Morgan fingerprint density at radius 1 is 1.09 bits per heavy atom. The molecule has 0 amide bonds. The van der Waals surface area contributed by atoms with Gasteiger partial charge < -0.3 is 14.6 Å². The van der Waals surface area contributed by atoms with Gasteiger partial charge in [0.1, 0.15) is 11.9 Å². The summed E-state index contributed by atoms with van der Waals surface area (Å²) >= 11 is 0. The second-order valence-electron chi connectivity index (χ2n) is 8.57. The predicted molar refractivity (Wildman–Crippen MR) is 118 cm³/mol. The van der Waals surface area contributed by atoms with Gasteiger partial charge in [-0.15, -0.1) is 13.2 Å². The topological polar surface area (TPSA) is 77.8 Å². The molecule has 0 spiro atoms. The van der Waals surface area contributed by atoms with Crippen LogP contribution in [0.2, 0.25) is 0 Å². The zero-order chi connectivity index (χ0) is 25.5. The number of benzene rings is 2. The zero-order valence-electron chi connectivity index (χ0n) is 19.0. The Labute approximate surface area is 198 Å². The van der Waals surface area contributed by atoms with Crippen LogP contribution in [0.15, 0.2) is 36.4 Å². The molecule has 0 radical (unpaired) electrons. The van der Waals surface area contributed by atoms with Crippen LogP contribution in [-0.4, -0.2) is 34.0 Å². The number of nitrogens with zero attached hydrogens (tertiary/aromatic N) is 1. The molecule has 6 nitrogen and oxygen atoms in total. The molecule has 1 aliphatic rings. The van der Waals surface area contributed by atoms with E-state index in [0.29, 0.717) is 0 Å². The number of fused-ring (bicyclic) bond motifs is 1. The lowest BCUT2D eigenvalue weighted by Gasteiger charge is -2.17. The van der Waals surface area contributed by atoms with Gasteiger partial charge in [-0.2, -0.15) is 0 Å². The molecule has 0 bridgehead atoms. The summed E-state index contributed by atoms with van der Waals surface area (Å²) in [4.78, 5) is 26.2. The van der Waals surface area contributed by atoms with E-state index in [4.69, 9.17) is 4.74 Å². The molecule has 0 aliphatic heterocycles. The van der Waals surface area contributed by atoms with Crippen molar-refractivity contribution in [3.63, 3.8) is 0 Å². The van der Waals surface area contributed by atoms with Crippen molar-refractivity contribution in [2.75, 3.05) is 0 Å². The number of phenolic OH excluding ortho intramolecular Hbond substituents is 1. The maximum absolute atomic E-state index is 15.1. The van der Waals surface area contributed by atoms with Crippen molar-refractivity contribution in [2.45, 2.75) is 57.9 Å². The summed E-state index contributed by atoms with van der Waals surface area (Å²) in [7, 11) is 0. The molecule has 4 rings (SSSR count). The fourth-order valence-corrected chi connectivity index (χ4v) is 4.59. The summed E-state index contributed by atoms with van der Waals surface area (Å²) in [6, 6.07) is 6.74. The smallest absolute Gasteiger partial charge is 0.505 e. The van der Waals surface area contributed by atoms with Crippen LogP contribution >= 0.6 is 0 Å². The lowest BCUT2D eigenvalue weighted by Crippen LogP contribution is -2.21. The SMILES string of the molecule is Cc1c(C(C)C(=O)OC2CCCC2)c2c(F)c(O)ccc2n1C(=O)c1ccc(OC(F)(F)F)cc1. The van der Waals surface area contributed by atoms with Crippen LogP contribution in [0.4, 0.5) is 17.6 Å². The first-order chi connectivity index (χ1) is 16.5. The normalized spacial score (nSPS) is 15.4. The number of hydrogen-bond donors (Lipinski definition) is 1. The Hall–Kier alpha value is -3.56. The van der Waals surface area contributed by atoms with Gasteiger partial charge in [-0.3, -0.25) is 14.2 Å². The first-order valence-electron chi connectivity index (χ1n) is 11.1. The van der Waals surface area contributed by atoms with Crippen molar-refractivity contribution in [3.8, 4) is 11.5 Å². The van der Waals surface area contributed by atoms with Crippen molar-refractivity contribution in [2.24, 2.45) is 0 Å². The van der Waals surface area contributed by atoms with E-state index < -0.39 is 41.5 Å². The Morgan fingerprint density at radius 2 is 1.71 bits per heavy atom. The van der Waals surface area contributed by atoms with Crippen molar-refractivity contribution in [1.82, 2.24) is 4.57 Å². The van der Waals surface area contributed by atoms with Crippen LogP contribution < -0.4 is 4.74 Å². The van der Waals surface area contributed by atoms with Gasteiger partial charge >= 0.3 is 12.3 Å². The lowest BCUT2D eigenvalue weighted by molar-refractivity contribution is -0.274. The molecule has 1 aliphatic carbocycles. The van der Waals surface area contributed by atoms with Crippen LogP contribution in [-0.2, 0) is 9.53 Å². The first kappa shape index (κ1) is 24.6. The minimum atomic E-state index is -4.88. The average Bonchev–Trinajstić information content (AvgIpc) is 3.40. The minimum absolute atomic E-state index is 0.0146. The van der Waals surface area contributed by atoms with Gasteiger partial charge in [0.05, 0.1) is 11.4 Å². The van der Waals surface area contributed by atoms with Gasteiger partial charge in [0.2, 0.25) is 0 Å². The minimum Gasteiger partial charge on any atom is -0.505 e. The van der Waals surface area contributed by atoms with Crippen LogP contribution in [0.1, 0.15) is 60.1 Å². The third kappa shape index (κ3) is 4.82. The third-order valence-corrected chi connectivity index (χ3v) is 6.24. The number of hydrogen-bond acceptors (Lipinski definition) is 5. The molecule has 35 heavy (non-hydrogen) atoms. The van der Waals surface area contributed by atoms with Crippen molar-refractivity contribution in [3.05, 3.63) is 59.0 Å². The van der Waals surface area contributed by atoms with Gasteiger partial charge in [-0.1, -0.05) is 0 Å². The summed E-state index contributed by atoms with van der Waals surface area (Å²) in [6.07, 6.45) is -1.68. The zero-order valence-corrected chi connectivity index (χ0v) is 19.0. The van der Waals surface area contributed by atoms with E-state index in [-0.39, 0.29) is 33.8 Å². The van der Waals surface area contributed by atoms with Crippen LogP contribution in [0.5, 0.6) is 11.5 Å². The number of ether oxygens (including phenoxy) is 2. The quantitative estimate of drug-likeness (QED) is 0.350. The van der Waals surface area contributed by atoms with E-state index in [1.807, 2.05) is 0 Å². The molecular formula is C25H23F4NO5. The number of esters is 1. The maximum Gasteiger partial charge on any atom is 0.573 e. The van der Waals surface area contributed by atoms with E-state index >= 15 is 4.39 Å². The van der Waals surface area contributed by atoms with Crippen molar-refractivity contribution >= 4 is 22.8 Å². The van der Waals surface area contributed by atoms with Crippen molar-refractivity contribution < 1.29 is 41.7 Å². The number of halogens is 4. The van der Waals surface area contributed by atoms with Crippen LogP contribution in [0, 0.1) is 12.7 Å². The summed E-state index contributed by atoms with van der Waals surface area (Å²) in [5, 5.41) is 9.89. The average molecular weight is 493 g/mol. The van der Waals surface area contributed by atoms with Crippen LogP contribution in [0.3, 0.4) is 0 Å². The molecule has 3 aromatic rings. The molecule has 1 fully saturated rings. The Kier molecular flexibility index (Phi) is 6.48. The third-order valence-electron chi connectivity index (χ3n) is 6.24. The van der Waals surface area contributed by atoms with Gasteiger partial charge in [0.25, 0.3) is 5.91 Å². The molecule has 1 heterocycles. The number of carbonyl (C=O) groups is 2. The Balaban J connectivity index is 1.76. The molecule has 1 unspecified atom stereocenters. The molecule has 1 atom stereocenters. The molecule has 2 aromatic carbocycles. The highest BCUT2D eigenvalue weighted by Gasteiger charge is 2.33. The number of carbonyl (C=O) groups excluding carboxylic acids is 2. The molecule has 1 aromatic heterocycles. The van der Waals surface area contributed by atoms with Gasteiger partial charge in [-0.05, 0) is 81.5 Å². The monoisotopic (exact) mass is 493 g/mol. The summed E-state index contributed by atoms with van der Waals surface area (Å²) in [5.41, 5.74) is 0.567. The lowest BCUT2D eigenvalue weighted by atomic mass is 9.97. The number of phenols is 1.